The standard InChI is InChI=1S/C15H18F2N2O/c16-11-1-2-12(13(17)9-11)14(20)19-8-5-15(10-19)3-6-18-7-4-15/h1-2,9,18H,3-8,10H2. The molecule has 1 aromatic carbocycles. The van der Waals surface area contributed by atoms with Crippen LogP contribution in [0.15, 0.2) is 18.2 Å². The van der Waals surface area contributed by atoms with E-state index < -0.39 is 11.6 Å². The lowest BCUT2D eigenvalue weighted by Crippen LogP contribution is -2.39. The lowest BCUT2D eigenvalue weighted by Gasteiger charge is -2.33. The van der Waals surface area contributed by atoms with E-state index in [0.717, 1.165) is 44.5 Å². The maximum Gasteiger partial charge on any atom is 0.256 e. The molecule has 0 radical (unpaired) electrons. The molecular formula is C15H18F2N2O. The lowest BCUT2D eigenvalue weighted by molar-refractivity contribution is 0.0757. The third-order valence-corrected chi connectivity index (χ3v) is 4.55. The van der Waals surface area contributed by atoms with Crippen LogP contribution in [-0.4, -0.2) is 37.0 Å². The molecular weight excluding hydrogens is 262 g/mol. The molecule has 1 spiro atoms. The van der Waals surface area contributed by atoms with Crippen LogP contribution in [-0.2, 0) is 0 Å². The zero-order chi connectivity index (χ0) is 14.2. The molecule has 2 saturated heterocycles. The quantitative estimate of drug-likeness (QED) is 0.855. The van der Waals surface area contributed by atoms with Crippen molar-refractivity contribution in [2.24, 2.45) is 5.41 Å². The molecule has 0 aromatic heterocycles. The van der Waals surface area contributed by atoms with Crippen LogP contribution in [0.25, 0.3) is 0 Å². The molecule has 2 aliphatic heterocycles. The van der Waals surface area contributed by atoms with Crippen LogP contribution in [0.5, 0.6) is 0 Å². The van der Waals surface area contributed by atoms with Gasteiger partial charge in [0.1, 0.15) is 11.6 Å². The van der Waals surface area contributed by atoms with Crippen LogP contribution >= 0.6 is 0 Å². The summed E-state index contributed by atoms with van der Waals surface area (Å²) in [5.74, 6) is -1.76. The van der Waals surface area contributed by atoms with Crippen LogP contribution in [0.1, 0.15) is 29.6 Å². The second kappa shape index (κ2) is 5.13. The highest BCUT2D eigenvalue weighted by Crippen LogP contribution is 2.39. The van der Waals surface area contributed by atoms with Gasteiger partial charge in [-0.2, -0.15) is 0 Å². The third-order valence-electron chi connectivity index (χ3n) is 4.55. The second-order valence-electron chi connectivity index (χ2n) is 5.85. The van der Waals surface area contributed by atoms with E-state index in [9.17, 15) is 13.6 Å². The number of piperidine rings is 1. The average Bonchev–Trinajstić information content (AvgIpc) is 2.83. The van der Waals surface area contributed by atoms with Gasteiger partial charge in [0.25, 0.3) is 5.91 Å². The van der Waals surface area contributed by atoms with Gasteiger partial charge in [0.05, 0.1) is 5.56 Å². The summed E-state index contributed by atoms with van der Waals surface area (Å²) in [6.07, 6.45) is 3.09. The number of amides is 1. The summed E-state index contributed by atoms with van der Waals surface area (Å²) in [6.45, 7) is 3.31. The van der Waals surface area contributed by atoms with Gasteiger partial charge in [0.15, 0.2) is 0 Å². The van der Waals surface area contributed by atoms with Gasteiger partial charge < -0.3 is 10.2 Å². The van der Waals surface area contributed by atoms with Gasteiger partial charge in [0, 0.05) is 19.2 Å². The first kappa shape index (κ1) is 13.5. The molecule has 2 fully saturated rings. The number of benzene rings is 1. The lowest BCUT2D eigenvalue weighted by atomic mass is 9.78. The molecule has 0 bridgehead atoms. The van der Waals surface area contributed by atoms with E-state index in [1.165, 1.54) is 6.07 Å². The van der Waals surface area contributed by atoms with Gasteiger partial charge in [0.2, 0.25) is 0 Å². The molecule has 0 unspecified atom stereocenters. The number of hydrogen-bond acceptors (Lipinski definition) is 2. The van der Waals surface area contributed by atoms with Gasteiger partial charge in [-0.3, -0.25) is 4.79 Å². The Kier molecular flexibility index (Phi) is 3.46. The topological polar surface area (TPSA) is 32.3 Å². The van der Waals surface area contributed by atoms with Crippen molar-refractivity contribution >= 4 is 5.91 Å². The Hall–Kier alpha value is -1.49. The molecule has 1 aromatic rings. The molecule has 2 heterocycles. The zero-order valence-electron chi connectivity index (χ0n) is 11.3. The van der Waals surface area contributed by atoms with E-state index in [0.29, 0.717) is 13.1 Å². The molecule has 1 N–H and O–H groups in total. The van der Waals surface area contributed by atoms with Crippen LogP contribution in [0.3, 0.4) is 0 Å². The van der Waals surface area contributed by atoms with E-state index >= 15 is 0 Å². The van der Waals surface area contributed by atoms with E-state index in [1.54, 1.807) is 4.90 Å². The predicted molar refractivity (Wildman–Crippen MR) is 71.4 cm³/mol. The first-order valence-corrected chi connectivity index (χ1v) is 7.05. The maximum atomic E-state index is 13.7. The molecule has 0 aliphatic carbocycles. The van der Waals surface area contributed by atoms with Crippen molar-refractivity contribution in [2.75, 3.05) is 26.2 Å². The molecule has 3 nitrogen and oxygen atoms in total. The first-order valence-electron chi connectivity index (χ1n) is 7.05. The highest BCUT2D eigenvalue weighted by Gasteiger charge is 2.40. The van der Waals surface area contributed by atoms with Crippen molar-refractivity contribution in [3.05, 3.63) is 35.4 Å². The summed E-state index contributed by atoms with van der Waals surface area (Å²) in [6, 6.07) is 3.14. The number of hydrogen-bond donors (Lipinski definition) is 1. The Morgan fingerprint density at radius 1 is 1.20 bits per heavy atom. The number of rotatable bonds is 1. The fourth-order valence-electron chi connectivity index (χ4n) is 3.31. The Balaban J connectivity index is 1.75. The van der Waals surface area contributed by atoms with Gasteiger partial charge in [-0.05, 0) is 49.9 Å². The van der Waals surface area contributed by atoms with Gasteiger partial charge in [-0.15, -0.1) is 0 Å². The smallest absolute Gasteiger partial charge is 0.256 e. The molecule has 20 heavy (non-hydrogen) atoms. The number of carbonyl (C=O) groups is 1. The molecule has 5 heteroatoms. The van der Waals surface area contributed by atoms with Crippen LogP contribution < -0.4 is 5.32 Å². The monoisotopic (exact) mass is 280 g/mol. The SMILES string of the molecule is O=C(c1ccc(F)cc1F)N1CCC2(CCNCC2)C1. The maximum absolute atomic E-state index is 13.7. The molecule has 0 atom stereocenters. The minimum absolute atomic E-state index is 0.0302. The average molecular weight is 280 g/mol. The normalized spacial score (nSPS) is 21.4. The van der Waals surface area contributed by atoms with E-state index in [1.807, 2.05) is 0 Å². The zero-order valence-corrected chi connectivity index (χ0v) is 11.3. The Bertz CT molecular complexity index is 527. The largest absolute Gasteiger partial charge is 0.338 e. The summed E-state index contributed by atoms with van der Waals surface area (Å²) in [5.41, 5.74) is 0.162. The van der Waals surface area contributed by atoms with E-state index in [4.69, 9.17) is 0 Å². The van der Waals surface area contributed by atoms with Crippen molar-refractivity contribution in [3.63, 3.8) is 0 Å². The van der Waals surface area contributed by atoms with E-state index in [-0.39, 0.29) is 16.9 Å². The van der Waals surface area contributed by atoms with Crippen molar-refractivity contribution in [2.45, 2.75) is 19.3 Å². The molecule has 2 aliphatic rings. The molecule has 0 saturated carbocycles. The number of nitrogens with zero attached hydrogens (tertiary/aromatic N) is 1. The predicted octanol–water partition coefficient (Wildman–Crippen LogP) is 2.18. The second-order valence-corrected chi connectivity index (χ2v) is 5.85. The highest BCUT2D eigenvalue weighted by molar-refractivity contribution is 5.94. The Labute approximate surface area is 117 Å². The minimum Gasteiger partial charge on any atom is -0.338 e. The molecule has 1 amide bonds. The van der Waals surface area contributed by atoms with Gasteiger partial charge in [-0.25, -0.2) is 8.78 Å². The fourth-order valence-corrected chi connectivity index (χ4v) is 3.31. The number of likely N-dealkylation sites (tertiary alicyclic amines) is 1. The van der Waals surface area contributed by atoms with E-state index in [2.05, 4.69) is 5.32 Å². The van der Waals surface area contributed by atoms with Crippen LogP contribution in [0, 0.1) is 17.0 Å². The number of halogens is 2. The van der Waals surface area contributed by atoms with Gasteiger partial charge in [-0.1, -0.05) is 0 Å². The minimum atomic E-state index is -0.777. The van der Waals surface area contributed by atoms with Crippen molar-refractivity contribution in [1.82, 2.24) is 10.2 Å². The Morgan fingerprint density at radius 3 is 2.65 bits per heavy atom. The summed E-state index contributed by atoms with van der Waals surface area (Å²) < 4.78 is 26.6. The third kappa shape index (κ3) is 2.42. The Morgan fingerprint density at radius 2 is 1.95 bits per heavy atom. The van der Waals surface area contributed by atoms with Crippen molar-refractivity contribution in [1.29, 1.82) is 0 Å². The highest BCUT2D eigenvalue weighted by atomic mass is 19.1. The van der Waals surface area contributed by atoms with Crippen molar-refractivity contribution in [3.8, 4) is 0 Å². The molecule has 108 valence electrons. The summed E-state index contributed by atoms with van der Waals surface area (Å²) >= 11 is 0. The number of carbonyl (C=O) groups excluding carboxylic acids is 1. The number of nitrogens with one attached hydrogen (secondary N) is 1. The summed E-state index contributed by atoms with van der Waals surface area (Å²) in [5, 5.41) is 3.32. The van der Waals surface area contributed by atoms with Crippen molar-refractivity contribution < 1.29 is 13.6 Å². The van der Waals surface area contributed by atoms with Crippen LogP contribution in [0.2, 0.25) is 0 Å². The van der Waals surface area contributed by atoms with Crippen LogP contribution in [0.4, 0.5) is 8.78 Å². The summed E-state index contributed by atoms with van der Waals surface area (Å²) in [4.78, 5) is 14.1. The fraction of sp³-hybridized carbons (Fsp3) is 0.533. The summed E-state index contributed by atoms with van der Waals surface area (Å²) in [7, 11) is 0. The molecule has 3 rings (SSSR count). The first-order chi connectivity index (χ1) is 9.60. The van der Waals surface area contributed by atoms with Gasteiger partial charge >= 0.3 is 0 Å².